The molecule has 0 spiro atoms. The number of rotatable bonds is 5. The van der Waals surface area contributed by atoms with E-state index in [1.54, 1.807) is 12.1 Å². The van der Waals surface area contributed by atoms with Crippen molar-refractivity contribution in [3.8, 4) is 23.0 Å². The van der Waals surface area contributed by atoms with Crippen molar-refractivity contribution in [2.24, 2.45) is 5.92 Å². The minimum Gasteiger partial charge on any atom is -0.478 e. The maximum Gasteiger partial charge on any atom is 0.336 e. The van der Waals surface area contributed by atoms with E-state index in [2.05, 4.69) is 33.9 Å². The number of likely N-dealkylation sites (tertiary alicyclic amines) is 1. The van der Waals surface area contributed by atoms with Crippen LogP contribution in [-0.2, 0) is 6.54 Å². The highest BCUT2D eigenvalue weighted by atomic mass is 16.4. The van der Waals surface area contributed by atoms with Crippen molar-refractivity contribution >= 4 is 16.9 Å². The minimum absolute atomic E-state index is 0.239. The SMILES string of the molecule is O=C(O)c1cccc(C#Cc2ccc(CN3CCC(CO)CC3)cc2)c1-c1ccc2cc[nH]c2c1. The summed E-state index contributed by atoms with van der Waals surface area (Å²) in [5.41, 5.74) is 5.46. The highest BCUT2D eigenvalue weighted by Crippen LogP contribution is 2.30. The summed E-state index contributed by atoms with van der Waals surface area (Å²) < 4.78 is 0. The van der Waals surface area contributed by atoms with E-state index < -0.39 is 5.97 Å². The summed E-state index contributed by atoms with van der Waals surface area (Å²) in [6, 6.07) is 21.4. The number of aliphatic hydroxyl groups excluding tert-OH is 1. The van der Waals surface area contributed by atoms with Crippen molar-refractivity contribution in [1.29, 1.82) is 0 Å². The van der Waals surface area contributed by atoms with Gasteiger partial charge in [-0.2, -0.15) is 0 Å². The highest BCUT2D eigenvalue weighted by Gasteiger charge is 2.18. The smallest absolute Gasteiger partial charge is 0.336 e. The second-order valence-corrected chi connectivity index (χ2v) is 9.16. The van der Waals surface area contributed by atoms with Gasteiger partial charge in [0.2, 0.25) is 0 Å². The number of H-pyrrole nitrogens is 1. The summed E-state index contributed by atoms with van der Waals surface area (Å²) in [6.07, 6.45) is 3.97. The number of hydrogen-bond acceptors (Lipinski definition) is 3. The molecule has 5 heteroatoms. The molecular weight excluding hydrogens is 436 g/mol. The summed E-state index contributed by atoms with van der Waals surface area (Å²) in [5, 5.41) is 20.2. The molecule has 176 valence electrons. The number of aromatic nitrogens is 1. The third-order valence-corrected chi connectivity index (χ3v) is 6.81. The van der Waals surface area contributed by atoms with Crippen LogP contribution in [0.1, 0.15) is 39.9 Å². The van der Waals surface area contributed by atoms with E-state index in [1.807, 2.05) is 48.7 Å². The summed E-state index contributed by atoms with van der Waals surface area (Å²) in [7, 11) is 0. The monoisotopic (exact) mass is 464 g/mol. The molecule has 1 fully saturated rings. The molecule has 0 unspecified atom stereocenters. The number of carbonyl (C=O) groups is 1. The summed E-state index contributed by atoms with van der Waals surface area (Å²) >= 11 is 0. The van der Waals surface area contributed by atoms with Crippen LogP contribution in [0.2, 0.25) is 0 Å². The van der Waals surface area contributed by atoms with Crippen LogP contribution in [0, 0.1) is 17.8 Å². The van der Waals surface area contributed by atoms with E-state index in [4.69, 9.17) is 0 Å². The number of aromatic carboxylic acids is 1. The highest BCUT2D eigenvalue weighted by molar-refractivity contribution is 5.99. The Morgan fingerprint density at radius 2 is 1.80 bits per heavy atom. The first-order chi connectivity index (χ1) is 17.1. The van der Waals surface area contributed by atoms with Gasteiger partial charge in [-0.15, -0.1) is 0 Å². The second-order valence-electron chi connectivity index (χ2n) is 9.16. The molecule has 0 bridgehead atoms. The average Bonchev–Trinajstić information content (AvgIpc) is 3.36. The fourth-order valence-corrected chi connectivity index (χ4v) is 4.77. The van der Waals surface area contributed by atoms with E-state index in [-0.39, 0.29) is 5.56 Å². The summed E-state index contributed by atoms with van der Waals surface area (Å²) in [6.45, 7) is 3.23. The number of hydrogen-bond donors (Lipinski definition) is 3. The molecule has 1 aliphatic rings. The van der Waals surface area contributed by atoms with Crippen LogP contribution in [0.4, 0.5) is 0 Å². The van der Waals surface area contributed by atoms with Gasteiger partial charge in [0.25, 0.3) is 0 Å². The average molecular weight is 465 g/mol. The molecule has 0 aliphatic carbocycles. The first-order valence-corrected chi connectivity index (χ1v) is 12.0. The number of carboxylic acid groups (broad SMARTS) is 1. The molecule has 2 heterocycles. The van der Waals surface area contributed by atoms with Crippen LogP contribution in [0.5, 0.6) is 0 Å². The van der Waals surface area contributed by atoms with Crippen LogP contribution in [0.25, 0.3) is 22.0 Å². The number of aliphatic hydroxyl groups is 1. The predicted molar refractivity (Wildman–Crippen MR) is 138 cm³/mol. The number of nitrogens with one attached hydrogen (secondary N) is 1. The van der Waals surface area contributed by atoms with Gasteiger partial charge in [0.05, 0.1) is 5.56 Å². The minimum atomic E-state index is -0.970. The fourth-order valence-electron chi connectivity index (χ4n) is 4.77. The number of piperidine rings is 1. The van der Waals surface area contributed by atoms with E-state index in [0.717, 1.165) is 54.5 Å². The Morgan fingerprint density at radius 1 is 1.00 bits per heavy atom. The first kappa shape index (κ1) is 22.9. The second kappa shape index (κ2) is 10.2. The lowest BCUT2D eigenvalue weighted by molar-refractivity contribution is 0.0697. The van der Waals surface area contributed by atoms with Gasteiger partial charge in [0.1, 0.15) is 0 Å². The predicted octanol–water partition coefficient (Wildman–Crippen LogP) is 5.14. The molecule has 35 heavy (non-hydrogen) atoms. The molecule has 3 N–H and O–H groups in total. The lowest BCUT2D eigenvalue weighted by atomic mass is 9.93. The fraction of sp³-hybridized carbons (Fsp3) is 0.233. The molecule has 3 aromatic carbocycles. The number of fused-ring (bicyclic) bond motifs is 1. The van der Waals surface area contributed by atoms with Gasteiger partial charge in [0, 0.05) is 41.6 Å². The number of aromatic amines is 1. The van der Waals surface area contributed by atoms with E-state index in [1.165, 1.54) is 5.56 Å². The molecular formula is C30H28N2O3. The normalized spacial score (nSPS) is 14.5. The van der Waals surface area contributed by atoms with Gasteiger partial charge >= 0.3 is 5.97 Å². The van der Waals surface area contributed by atoms with Crippen LogP contribution in [0.3, 0.4) is 0 Å². The van der Waals surface area contributed by atoms with Crippen molar-refractivity contribution in [3.63, 3.8) is 0 Å². The van der Waals surface area contributed by atoms with Gasteiger partial charge in [-0.05, 0) is 84.8 Å². The lowest BCUT2D eigenvalue weighted by Crippen LogP contribution is -2.34. The van der Waals surface area contributed by atoms with E-state index >= 15 is 0 Å². The van der Waals surface area contributed by atoms with E-state index in [0.29, 0.717) is 23.7 Å². The number of nitrogens with zero attached hydrogens (tertiary/aromatic N) is 1. The maximum atomic E-state index is 12.0. The number of benzene rings is 3. The quantitative estimate of drug-likeness (QED) is 0.358. The van der Waals surface area contributed by atoms with Crippen molar-refractivity contribution in [1.82, 2.24) is 9.88 Å². The Bertz CT molecular complexity index is 1400. The largest absolute Gasteiger partial charge is 0.478 e. The Labute approximate surface area is 205 Å². The van der Waals surface area contributed by atoms with Crippen molar-refractivity contribution in [2.75, 3.05) is 19.7 Å². The van der Waals surface area contributed by atoms with Gasteiger partial charge in [-0.1, -0.05) is 42.2 Å². The molecule has 5 nitrogen and oxygen atoms in total. The van der Waals surface area contributed by atoms with Crippen LogP contribution < -0.4 is 0 Å². The Morgan fingerprint density at radius 3 is 2.54 bits per heavy atom. The van der Waals surface area contributed by atoms with Gasteiger partial charge in [-0.3, -0.25) is 4.90 Å². The topological polar surface area (TPSA) is 76.6 Å². The van der Waals surface area contributed by atoms with Gasteiger partial charge < -0.3 is 15.2 Å². The lowest BCUT2D eigenvalue weighted by Gasteiger charge is -2.31. The zero-order chi connectivity index (χ0) is 24.2. The standard InChI is InChI=1S/C30H28N2O3/c33-20-23-13-16-32(17-14-23)19-22-6-4-21(5-7-22)8-9-25-2-1-3-27(30(34)35)29(25)26-11-10-24-12-15-31-28(24)18-26/h1-7,10-12,15,18,23,31,33H,13-14,16-17,19-20H2,(H,34,35). The molecule has 0 atom stereocenters. The molecule has 5 rings (SSSR count). The number of carboxylic acids is 1. The van der Waals surface area contributed by atoms with Crippen molar-refractivity contribution < 1.29 is 15.0 Å². The van der Waals surface area contributed by atoms with Crippen LogP contribution in [-0.4, -0.2) is 45.8 Å². The molecule has 1 aliphatic heterocycles. The molecule has 1 aromatic heterocycles. The van der Waals surface area contributed by atoms with Crippen LogP contribution in [0.15, 0.2) is 72.9 Å². The van der Waals surface area contributed by atoms with E-state index in [9.17, 15) is 15.0 Å². The molecule has 0 radical (unpaired) electrons. The van der Waals surface area contributed by atoms with Gasteiger partial charge in [0.15, 0.2) is 0 Å². The van der Waals surface area contributed by atoms with Crippen molar-refractivity contribution in [3.05, 3.63) is 95.2 Å². The zero-order valence-corrected chi connectivity index (χ0v) is 19.5. The zero-order valence-electron chi connectivity index (χ0n) is 19.5. The summed E-state index contributed by atoms with van der Waals surface area (Å²) in [4.78, 5) is 17.6. The van der Waals surface area contributed by atoms with Crippen LogP contribution >= 0.6 is 0 Å². The maximum absolute atomic E-state index is 12.0. The molecule has 0 saturated carbocycles. The molecule has 0 amide bonds. The third kappa shape index (κ3) is 5.14. The van der Waals surface area contributed by atoms with Crippen molar-refractivity contribution in [2.45, 2.75) is 19.4 Å². The third-order valence-electron chi connectivity index (χ3n) is 6.81. The Hall–Kier alpha value is -3.85. The Balaban J connectivity index is 1.39. The van der Waals surface area contributed by atoms with Gasteiger partial charge in [-0.25, -0.2) is 4.79 Å². The first-order valence-electron chi connectivity index (χ1n) is 12.0. The Kier molecular flexibility index (Phi) is 6.67. The molecule has 1 saturated heterocycles. The molecule has 4 aromatic rings. The summed E-state index contributed by atoms with van der Waals surface area (Å²) in [5.74, 6) is 5.91.